The highest BCUT2D eigenvalue weighted by molar-refractivity contribution is 5.81. The molecular formula is C15H25N3O3. The second-order valence-corrected chi connectivity index (χ2v) is 5.97. The molecule has 6 N–H and O–H groups in total. The molecule has 0 bridgehead atoms. The summed E-state index contributed by atoms with van der Waals surface area (Å²) < 4.78 is 0. The van der Waals surface area contributed by atoms with Gasteiger partial charge in [-0.25, -0.2) is 0 Å². The van der Waals surface area contributed by atoms with Gasteiger partial charge in [0.2, 0.25) is 5.91 Å². The lowest BCUT2D eigenvalue weighted by molar-refractivity contribution is -0.128. The van der Waals surface area contributed by atoms with E-state index in [4.69, 9.17) is 5.73 Å². The monoisotopic (exact) mass is 295 g/mol. The summed E-state index contributed by atoms with van der Waals surface area (Å²) in [7, 11) is 0. The van der Waals surface area contributed by atoms with Crippen LogP contribution in [0.2, 0.25) is 0 Å². The molecule has 0 saturated carbocycles. The van der Waals surface area contributed by atoms with Crippen LogP contribution in [0.4, 0.5) is 5.69 Å². The van der Waals surface area contributed by atoms with Gasteiger partial charge in [-0.1, -0.05) is 20.8 Å². The van der Waals surface area contributed by atoms with Gasteiger partial charge in [0.05, 0.1) is 5.69 Å². The van der Waals surface area contributed by atoms with Gasteiger partial charge < -0.3 is 26.6 Å². The Morgan fingerprint density at radius 1 is 1.19 bits per heavy atom. The molecule has 0 radical (unpaired) electrons. The Labute approximate surface area is 125 Å². The van der Waals surface area contributed by atoms with E-state index >= 15 is 0 Å². The van der Waals surface area contributed by atoms with Crippen LogP contribution in [0.25, 0.3) is 0 Å². The van der Waals surface area contributed by atoms with Crippen molar-refractivity contribution in [2.75, 3.05) is 25.0 Å². The fourth-order valence-corrected chi connectivity index (χ4v) is 1.75. The highest BCUT2D eigenvalue weighted by Crippen LogP contribution is 2.31. The van der Waals surface area contributed by atoms with Crippen LogP contribution >= 0.6 is 0 Å². The minimum atomic E-state index is -0.440. The lowest BCUT2D eigenvalue weighted by Crippen LogP contribution is -2.35. The van der Waals surface area contributed by atoms with Crippen LogP contribution in [-0.2, 0) is 11.2 Å². The molecule has 0 aliphatic carbocycles. The number of carbonyl (C=O) groups excluding carboxylic acids is 1. The van der Waals surface area contributed by atoms with Crippen molar-refractivity contribution in [3.63, 3.8) is 0 Å². The van der Waals surface area contributed by atoms with E-state index in [0.29, 0.717) is 37.3 Å². The summed E-state index contributed by atoms with van der Waals surface area (Å²) >= 11 is 0. The van der Waals surface area contributed by atoms with Gasteiger partial charge in [-0.2, -0.15) is 0 Å². The van der Waals surface area contributed by atoms with E-state index in [1.165, 1.54) is 6.07 Å². The van der Waals surface area contributed by atoms with Gasteiger partial charge in [0.1, 0.15) is 11.5 Å². The second kappa shape index (κ2) is 7.17. The highest BCUT2D eigenvalue weighted by Gasteiger charge is 2.20. The minimum Gasteiger partial charge on any atom is -0.508 e. The van der Waals surface area contributed by atoms with Crippen LogP contribution in [0.15, 0.2) is 12.1 Å². The molecule has 21 heavy (non-hydrogen) atoms. The summed E-state index contributed by atoms with van der Waals surface area (Å²) in [6.45, 7) is 6.92. The van der Waals surface area contributed by atoms with Crippen molar-refractivity contribution in [2.45, 2.75) is 27.2 Å². The molecule has 0 aromatic heterocycles. The average Bonchev–Trinajstić information content (AvgIpc) is 2.38. The molecule has 0 unspecified atom stereocenters. The lowest BCUT2D eigenvalue weighted by Gasteiger charge is -2.18. The Hall–Kier alpha value is -1.95. The molecule has 1 rings (SSSR count). The molecule has 0 atom stereocenters. The predicted molar refractivity (Wildman–Crippen MR) is 83.5 cm³/mol. The van der Waals surface area contributed by atoms with E-state index in [-0.39, 0.29) is 17.4 Å². The lowest BCUT2D eigenvalue weighted by atomic mass is 9.95. The third kappa shape index (κ3) is 5.15. The summed E-state index contributed by atoms with van der Waals surface area (Å²) in [6, 6.07) is 2.96. The maximum absolute atomic E-state index is 11.8. The molecule has 0 aliphatic rings. The van der Waals surface area contributed by atoms with E-state index in [1.54, 1.807) is 6.07 Å². The number of nitrogens with two attached hydrogens (primary N) is 1. The molecule has 0 spiro atoms. The Kier molecular flexibility index (Phi) is 5.84. The zero-order valence-electron chi connectivity index (χ0n) is 12.9. The van der Waals surface area contributed by atoms with Gasteiger partial charge in [0.25, 0.3) is 0 Å². The Bertz CT molecular complexity index is 496. The van der Waals surface area contributed by atoms with Crippen molar-refractivity contribution in [2.24, 2.45) is 11.1 Å². The van der Waals surface area contributed by atoms with Gasteiger partial charge in [-0.05, 0) is 18.1 Å². The molecule has 0 saturated heterocycles. The number of anilines is 1. The quantitative estimate of drug-likeness (QED) is 0.400. The smallest absolute Gasteiger partial charge is 0.225 e. The number of hydrogen-bond acceptors (Lipinski definition) is 5. The Balaban J connectivity index is 2.68. The van der Waals surface area contributed by atoms with E-state index in [0.717, 1.165) is 0 Å². The Morgan fingerprint density at radius 3 is 2.43 bits per heavy atom. The van der Waals surface area contributed by atoms with E-state index < -0.39 is 5.41 Å². The first-order valence-electron chi connectivity index (χ1n) is 7.02. The maximum Gasteiger partial charge on any atom is 0.225 e. The number of benzene rings is 1. The number of carbonyl (C=O) groups is 1. The molecule has 1 amide bonds. The fourth-order valence-electron chi connectivity index (χ4n) is 1.75. The van der Waals surface area contributed by atoms with Crippen molar-refractivity contribution < 1.29 is 15.0 Å². The van der Waals surface area contributed by atoms with Crippen LogP contribution in [0.1, 0.15) is 26.3 Å². The first-order valence-corrected chi connectivity index (χ1v) is 7.02. The van der Waals surface area contributed by atoms with Gasteiger partial charge >= 0.3 is 0 Å². The molecule has 0 aliphatic heterocycles. The van der Waals surface area contributed by atoms with Crippen molar-refractivity contribution in [3.05, 3.63) is 17.7 Å². The number of nitrogens with one attached hydrogen (secondary N) is 2. The topological polar surface area (TPSA) is 108 Å². The number of amides is 1. The van der Waals surface area contributed by atoms with E-state index in [9.17, 15) is 15.0 Å². The van der Waals surface area contributed by atoms with E-state index in [1.807, 2.05) is 20.8 Å². The van der Waals surface area contributed by atoms with Gasteiger partial charge in [0, 0.05) is 31.1 Å². The molecule has 1 aromatic carbocycles. The summed E-state index contributed by atoms with van der Waals surface area (Å²) in [6.07, 6.45) is 0.477. The normalized spacial score (nSPS) is 11.2. The van der Waals surface area contributed by atoms with Crippen LogP contribution in [-0.4, -0.2) is 35.8 Å². The van der Waals surface area contributed by atoms with Gasteiger partial charge in [-0.3, -0.25) is 4.79 Å². The standard InChI is InChI=1S/C15H25N3O3/c1-15(2,3)14(21)18-6-4-10-8-11(17-7-5-16)13(20)9-12(10)19/h8-9,17,19-20H,4-7,16H2,1-3H3,(H,18,21). The van der Waals surface area contributed by atoms with Gasteiger partial charge in [-0.15, -0.1) is 0 Å². The van der Waals surface area contributed by atoms with Crippen molar-refractivity contribution in [3.8, 4) is 11.5 Å². The highest BCUT2D eigenvalue weighted by atomic mass is 16.3. The number of phenols is 2. The first kappa shape index (κ1) is 17.1. The first-order chi connectivity index (χ1) is 9.75. The van der Waals surface area contributed by atoms with E-state index in [2.05, 4.69) is 10.6 Å². The number of rotatable bonds is 6. The average molecular weight is 295 g/mol. The molecule has 6 heteroatoms. The number of hydrogen-bond donors (Lipinski definition) is 5. The molecule has 6 nitrogen and oxygen atoms in total. The van der Waals surface area contributed by atoms with Crippen LogP contribution in [0, 0.1) is 5.41 Å². The summed E-state index contributed by atoms with van der Waals surface area (Å²) in [5.41, 5.74) is 6.15. The fraction of sp³-hybridized carbons (Fsp3) is 0.533. The predicted octanol–water partition coefficient (Wildman–Crippen LogP) is 1.17. The van der Waals surface area contributed by atoms with Gasteiger partial charge in [0.15, 0.2) is 0 Å². The molecule has 118 valence electrons. The van der Waals surface area contributed by atoms with Crippen LogP contribution < -0.4 is 16.4 Å². The minimum absolute atomic E-state index is 0.0100. The second-order valence-electron chi connectivity index (χ2n) is 5.97. The third-order valence-electron chi connectivity index (χ3n) is 3.02. The molecule has 0 heterocycles. The SMILES string of the molecule is CC(C)(C)C(=O)NCCc1cc(NCCN)c(O)cc1O. The summed E-state index contributed by atoms with van der Waals surface area (Å²) in [5, 5.41) is 25.4. The maximum atomic E-state index is 11.8. The third-order valence-corrected chi connectivity index (χ3v) is 3.02. The van der Waals surface area contributed by atoms with Crippen molar-refractivity contribution in [1.82, 2.24) is 5.32 Å². The largest absolute Gasteiger partial charge is 0.508 e. The number of phenolic OH excluding ortho intramolecular Hbond substituents is 2. The van der Waals surface area contributed by atoms with Crippen molar-refractivity contribution >= 4 is 11.6 Å². The molecule has 0 fully saturated rings. The van der Waals surface area contributed by atoms with Crippen LogP contribution in [0.3, 0.4) is 0 Å². The molecular weight excluding hydrogens is 270 g/mol. The summed E-state index contributed by atoms with van der Waals surface area (Å²) in [5.74, 6) is -0.0542. The van der Waals surface area contributed by atoms with Crippen LogP contribution in [0.5, 0.6) is 11.5 Å². The summed E-state index contributed by atoms with van der Waals surface area (Å²) in [4.78, 5) is 11.8. The zero-order valence-corrected chi connectivity index (χ0v) is 12.9. The Morgan fingerprint density at radius 2 is 1.86 bits per heavy atom. The zero-order chi connectivity index (χ0) is 16.0. The van der Waals surface area contributed by atoms with Crippen molar-refractivity contribution in [1.29, 1.82) is 0 Å². The molecule has 1 aromatic rings. The number of aromatic hydroxyl groups is 2.